The molecular formula is C12H21N5OS. The van der Waals surface area contributed by atoms with Gasteiger partial charge in [0.25, 0.3) is 0 Å². The summed E-state index contributed by atoms with van der Waals surface area (Å²) in [5.41, 5.74) is 0. The summed E-state index contributed by atoms with van der Waals surface area (Å²) < 4.78 is 5.39. The third-order valence-electron chi connectivity index (χ3n) is 3.54. The molecule has 1 aromatic heterocycles. The van der Waals surface area contributed by atoms with Gasteiger partial charge in [-0.15, -0.1) is 0 Å². The van der Waals surface area contributed by atoms with Gasteiger partial charge in [-0.05, 0) is 19.1 Å². The lowest BCUT2D eigenvalue weighted by atomic mass is 10.1. The van der Waals surface area contributed by atoms with Crippen LogP contribution in [0.1, 0.15) is 25.7 Å². The van der Waals surface area contributed by atoms with E-state index in [0.717, 1.165) is 6.54 Å². The first-order valence-electron chi connectivity index (χ1n) is 6.48. The van der Waals surface area contributed by atoms with Gasteiger partial charge in [-0.2, -0.15) is 26.7 Å². The van der Waals surface area contributed by atoms with Crippen LogP contribution in [0.15, 0.2) is 0 Å². The zero-order chi connectivity index (χ0) is 13.7. The van der Waals surface area contributed by atoms with Crippen LogP contribution < -0.4 is 15.4 Å². The van der Waals surface area contributed by atoms with E-state index in [2.05, 4.69) is 31.8 Å². The van der Waals surface area contributed by atoms with Crippen molar-refractivity contribution in [3.8, 4) is 6.01 Å². The highest BCUT2D eigenvalue weighted by Crippen LogP contribution is 2.40. The van der Waals surface area contributed by atoms with Crippen LogP contribution in [0, 0.1) is 0 Å². The second-order valence-corrected chi connectivity index (χ2v) is 5.94. The van der Waals surface area contributed by atoms with Crippen molar-refractivity contribution in [1.82, 2.24) is 15.0 Å². The average molecular weight is 283 g/mol. The summed E-state index contributed by atoms with van der Waals surface area (Å²) in [6.45, 7) is 0.879. The molecule has 0 atom stereocenters. The lowest BCUT2D eigenvalue weighted by Crippen LogP contribution is -2.30. The smallest absolute Gasteiger partial charge is 0.322 e. The Balaban J connectivity index is 2.06. The minimum atomic E-state index is 0.319. The molecule has 2 N–H and O–H groups in total. The van der Waals surface area contributed by atoms with Crippen LogP contribution in [0.5, 0.6) is 6.01 Å². The van der Waals surface area contributed by atoms with Gasteiger partial charge in [0.15, 0.2) is 0 Å². The topological polar surface area (TPSA) is 72.0 Å². The lowest BCUT2D eigenvalue weighted by molar-refractivity contribution is 0.379. The Kier molecular flexibility index (Phi) is 4.68. The van der Waals surface area contributed by atoms with Crippen molar-refractivity contribution >= 4 is 23.7 Å². The number of methoxy groups -OCH3 is 1. The summed E-state index contributed by atoms with van der Waals surface area (Å²) in [5.74, 6) is 1.08. The van der Waals surface area contributed by atoms with Crippen LogP contribution in [-0.4, -0.2) is 46.7 Å². The van der Waals surface area contributed by atoms with Gasteiger partial charge in [0.05, 0.1) is 7.11 Å². The molecule has 0 aromatic carbocycles. The molecule has 19 heavy (non-hydrogen) atoms. The third-order valence-corrected chi connectivity index (χ3v) is 4.96. The van der Waals surface area contributed by atoms with Gasteiger partial charge in [-0.1, -0.05) is 12.8 Å². The van der Waals surface area contributed by atoms with E-state index in [1.807, 2.05) is 11.8 Å². The number of nitrogens with one attached hydrogen (secondary N) is 2. The van der Waals surface area contributed by atoms with E-state index in [0.29, 0.717) is 22.7 Å². The molecule has 1 aliphatic carbocycles. The van der Waals surface area contributed by atoms with Crippen LogP contribution in [0.4, 0.5) is 11.9 Å². The Morgan fingerprint density at radius 1 is 1.21 bits per heavy atom. The number of ether oxygens (including phenoxy) is 1. The maximum absolute atomic E-state index is 5.07. The monoisotopic (exact) mass is 283 g/mol. The van der Waals surface area contributed by atoms with E-state index >= 15 is 0 Å². The van der Waals surface area contributed by atoms with Crippen molar-refractivity contribution in [3.63, 3.8) is 0 Å². The molecule has 1 aromatic rings. The minimum absolute atomic E-state index is 0.319. The number of anilines is 2. The van der Waals surface area contributed by atoms with Crippen LogP contribution in [-0.2, 0) is 0 Å². The number of hydrogen-bond acceptors (Lipinski definition) is 7. The van der Waals surface area contributed by atoms with Gasteiger partial charge >= 0.3 is 6.01 Å². The number of thioether (sulfide) groups is 1. The second kappa shape index (κ2) is 6.27. The second-order valence-electron chi connectivity index (χ2n) is 4.67. The Morgan fingerprint density at radius 3 is 2.47 bits per heavy atom. The Morgan fingerprint density at radius 2 is 1.89 bits per heavy atom. The first-order valence-corrected chi connectivity index (χ1v) is 7.71. The van der Waals surface area contributed by atoms with Crippen LogP contribution >= 0.6 is 11.8 Å². The van der Waals surface area contributed by atoms with Gasteiger partial charge < -0.3 is 15.4 Å². The van der Waals surface area contributed by atoms with Crippen molar-refractivity contribution in [2.24, 2.45) is 0 Å². The SMILES string of the molecule is CNc1nc(NCC2(SC)CCCC2)nc(OC)n1. The highest BCUT2D eigenvalue weighted by molar-refractivity contribution is 8.00. The highest BCUT2D eigenvalue weighted by Gasteiger charge is 2.32. The minimum Gasteiger partial charge on any atom is -0.467 e. The third kappa shape index (κ3) is 3.40. The molecule has 0 spiro atoms. The molecule has 106 valence electrons. The van der Waals surface area contributed by atoms with Crippen LogP contribution in [0.25, 0.3) is 0 Å². The normalized spacial score (nSPS) is 17.2. The molecular weight excluding hydrogens is 262 g/mol. The molecule has 6 nitrogen and oxygen atoms in total. The first-order chi connectivity index (χ1) is 9.21. The van der Waals surface area contributed by atoms with Crippen molar-refractivity contribution < 1.29 is 4.74 Å². The molecule has 0 saturated heterocycles. The number of nitrogens with zero attached hydrogens (tertiary/aromatic N) is 3. The number of hydrogen-bond donors (Lipinski definition) is 2. The molecule has 1 fully saturated rings. The van der Waals surface area contributed by atoms with Crippen molar-refractivity contribution in [2.75, 3.05) is 37.6 Å². The lowest BCUT2D eigenvalue weighted by Gasteiger charge is -2.26. The maximum atomic E-state index is 5.07. The van der Waals surface area contributed by atoms with E-state index in [9.17, 15) is 0 Å². The fourth-order valence-electron chi connectivity index (χ4n) is 2.35. The molecule has 0 amide bonds. The summed E-state index contributed by atoms with van der Waals surface area (Å²) in [6.07, 6.45) is 7.31. The molecule has 0 aliphatic heterocycles. The molecule has 0 unspecified atom stereocenters. The summed E-state index contributed by atoms with van der Waals surface area (Å²) in [5, 5.41) is 6.23. The van der Waals surface area contributed by atoms with Crippen LogP contribution in [0.2, 0.25) is 0 Å². The quantitative estimate of drug-likeness (QED) is 0.827. The number of rotatable bonds is 6. The summed E-state index contributed by atoms with van der Waals surface area (Å²) in [4.78, 5) is 12.6. The molecule has 1 saturated carbocycles. The van der Waals surface area contributed by atoms with E-state index < -0.39 is 0 Å². The van der Waals surface area contributed by atoms with Gasteiger partial charge in [-0.25, -0.2) is 0 Å². The summed E-state index contributed by atoms with van der Waals surface area (Å²) in [7, 11) is 3.33. The highest BCUT2D eigenvalue weighted by atomic mass is 32.2. The van der Waals surface area contributed by atoms with Crippen molar-refractivity contribution in [1.29, 1.82) is 0 Å². The van der Waals surface area contributed by atoms with E-state index in [1.165, 1.54) is 25.7 Å². The molecule has 2 rings (SSSR count). The Bertz CT molecular complexity index is 400. The summed E-state index contributed by atoms with van der Waals surface area (Å²) >= 11 is 1.94. The van der Waals surface area contributed by atoms with E-state index in [4.69, 9.17) is 4.74 Å². The predicted octanol–water partition coefficient (Wildman–Crippen LogP) is 2.01. The first kappa shape index (κ1) is 14.2. The molecule has 0 radical (unpaired) electrons. The van der Waals surface area contributed by atoms with Crippen LogP contribution in [0.3, 0.4) is 0 Å². The summed E-state index contributed by atoms with van der Waals surface area (Å²) in [6, 6.07) is 0.325. The van der Waals surface area contributed by atoms with Gasteiger partial charge in [-0.3, -0.25) is 0 Å². The molecule has 1 aliphatic rings. The van der Waals surface area contributed by atoms with Gasteiger partial charge in [0, 0.05) is 18.3 Å². The maximum Gasteiger partial charge on any atom is 0.322 e. The largest absolute Gasteiger partial charge is 0.467 e. The zero-order valence-corrected chi connectivity index (χ0v) is 12.5. The molecule has 0 bridgehead atoms. The Labute approximate surface area is 118 Å². The fourth-order valence-corrected chi connectivity index (χ4v) is 3.26. The average Bonchev–Trinajstić information content (AvgIpc) is 2.94. The predicted molar refractivity (Wildman–Crippen MR) is 79.1 cm³/mol. The van der Waals surface area contributed by atoms with Crippen molar-refractivity contribution in [3.05, 3.63) is 0 Å². The van der Waals surface area contributed by atoms with E-state index in [-0.39, 0.29) is 0 Å². The standard InChI is InChI=1S/C12H21N5OS/c1-13-9-15-10(17-11(16-9)18-2)14-8-12(19-3)6-4-5-7-12/h4-8H2,1-3H3,(H2,13,14,15,16,17). The zero-order valence-electron chi connectivity index (χ0n) is 11.7. The van der Waals surface area contributed by atoms with Gasteiger partial charge in [0.2, 0.25) is 11.9 Å². The van der Waals surface area contributed by atoms with E-state index in [1.54, 1.807) is 14.2 Å². The van der Waals surface area contributed by atoms with Crippen molar-refractivity contribution in [2.45, 2.75) is 30.4 Å². The fraction of sp³-hybridized carbons (Fsp3) is 0.750. The van der Waals surface area contributed by atoms with Gasteiger partial charge in [0.1, 0.15) is 0 Å². The molecule has 7 heteroatoms. The number of aromatic nitrogens is 3. The molecule has 1 heterocycles. The Hall–Kier alpha value is -1.24.